The zero-order valence-corrected chi connectivity index (χ0v) is 10.6. The standard InChI is InChI=1S/C14H11NO5/c1-9-4-2-5-10(8-9)20-12-7-3-6-11(14(16)17)13(12)15(18)19/h2-8H,1H3,(H,16,17). The van der Waals surface area contributed by atoms with E-state index in [0.717, 1.165) is 5.56 Å². The van der Waals surface area contributed by atoms with E-state index >= 15 is 0 Å². The third-order valence-electron chi connectivity index (χ3n) is 2.63. The SMILES string of the molecule is Cc1cccc(Oc2cccc(C(=O)O)c2[N+](=O)[O-])c1. The molecule has 0 atom stereocenters. The van der Waals surface area contributed by atoms with E-state index in [-0.39, 0.29) is 5.75 Å². The molecular weight excluding hydrogens is 262 g/mol. The van der Waals surface area contributed by atoms with Gasteiger partial charge in [-0.15, -0.1) is 0 Å². The number of nitro groups is 1. The van der Waals surface area contributed by atoms with E-state index in [2.05, 4.69) is 0 Å². The molecule has 2 aromatic rings. The van der Waals surface area contributed by atoms with Crippen molar-refractivity contribution in [2.45, 2.75) is 6.92 Å². The summed E-state index contributed by atoms with van der Waals surface area (Å²) in [6, 6.07) is 10.9. The van der Waals surface area contributed by atoms with E-state index < -0.39 is 22.1 Å². The molecule has 0 aliphatic rings. The molecule has 0 amide bonds. The highest BCUT2D eigenvalue weighted by molar-refractivity contribution is 5.93. The fraction of sp³-hybridized carbons (Fsp3) is 0.0714. The summed E-state index contributed by atoms with van der Waals surface area (Å²) in [7, 11) is 0. The molecule has 0 aromatic heterocycles. The molecule has 20 heavy (non-hydrogen) atoms. The molecule has 0 saturated heterocycles. The Kier molecular flexibility index (Phi) is 3.65. The van der Waals surface area contributed by atoms with E-state index in [1.54, 1.807) is 18.2 Å². The number of hydrogen-bond donors (Lipinski definition) is 1. The molecule has 0 heterocycles. The van der Waals surface area contributed by atoms with Crippen molar-refractivity contribution in [3.63, 3.8) is 0 Å². The third kappa shape index (κ3) is 2.74. The predicted octanol–water partition coefficient (Wildman–Crippen LogP) is 3.39. The number of hydrogen-bond acceptors (Lipinski definition) is 4. The summed E-state index contributed by atoms with van der Waals surface area (Å²) in [6.45, 7) is 1.86. The van der Waals surface area contributed by atoms with Crippen LogP contribution in [0.1, 0.15) is 15.9 Å². The first-order valence-corrected chi connectivity index (χ1v) is 5.74. The van der Waals surface area contributed by atoms with Gasteiger partial charge in [0.15, 0.2) is 0 Å². The molecular formula is C14H11NO5. The first kappa shape index (κ1) is 13.5. The van der Waals surface area contributed by atoms with Gasteiger partial charge in [-0.25, -0.2) is 4.79 Å². The predicted molar refractivity (Wildman–Crippen MR) is 71.3 cm³/mol. The lowest BCUT2D eigenvalue weighted by molar-refractivity contribution is -0.386. The van der Waals surface area contributed by atoms with Crippen LogP contribution in [0.15, 0.2) is 42.5 Å². The van der Waals surface area contributed by atoms with Crippen LogP contribution in [0.4, 0.5) is 5.69 Å². The number of para-hydroxylation sites is 1. The summed E-state index contributed by atoms with van der Waals surface area (Å²) in [5.74, 6) is -1.05. The zero-order valence-electron chi connectivity index (χ0n) is 10.6. The maximum atomic E-state index is 11.1. The Morgan fingerprint density at radius 2 is 1.95 bits per heavy atom. The van der Waals surface area contributed by atoms with Crippen LogP contribution in [0.25, 0.3) is 0 Å². The molecule has 0 spiro atoms. The molecule has 6 heteroatoms. The van der Waals surface area contributed by atoms with Crippen molar-refractivity contribution in [2.24, 2.45) is 0 Å². The molecule has 6 nitrogen and oxygen atoms in total. The quantitative estimate of drug-likeness (QED) is 0.681. The van der Waals surface area contributed by atoms with Gasteiger partial charge in [0.1, 0.15) is 11.3 Å². The number of aryl methyl sites for hydroxylation is 1. The topological polar surface area (TPSA) is 89.7 Å². The molecule has 0 bridgehead atoms. The molecule has 0 unspecified atom stereocenters. The molecule has 1 N–H and O–H groups in total. The van der Waals surface area contributed by atoms with Crippen LogP contribution < -0.4 is 4.74 Å². The van der Waals surface area contributed by atoms with Crippen LogP contribution in [-0.2, 0) is 0 Å². The highest BCUT2D eigenvalue weighted by Gasteiger charge is 2.25. The molecule has 2 aromatic carbocycles. The largest absolute Gasteiger partial charge is 0.477 e. The van der Waals surface area contributed by atoms with Crippen molar-refractivity contribution in [1.82, 2.24) is 0 Å². The Balaban J connectivity index is 2.49. The first-order chi connectivity index (χ1) is 9.49. The van der Waals surface area contributed by atoms with Crippen molar-refractivity contribution in [1.29, 1.82) is 0 Å². The lowest BCUT2D eigenvalue weighted by Crippen LogP contribution is -2.04. The van der Waals surface area contributed by atoms with E-state index in [1.807, 2.05) is 13.0 Å². The normalized spacial score (nSPS) is 10.1. The van der Waals surface area contributed by atoms with E-state index in [9.17, 15) is 14.9 Å². The summed E-state index contributed by atoms with van der Waals surface area (Å²) in [5, 5.41) is 20.1. The maximum absolute atomic E-state index is 11.1. The number of carboxylic acids is 1. The second-order valence-electron chi connectivity index (χ2n) is 4.13. The van der Waals surface area contributed by atoms with E-state index in [0.29, 0.717) is 5.75 Å². The highest BCUT2D eigenvalue weighted by Crippen LogP contribution is 2.34. The lowest BCUT2D eigenvalue weighted by Gasteiger charge is -2.08. The Morgan fingerprint density at radius 3 is 2.55 bits per heavy atom. The molecule has 0 aliphatic heterocycles. The van der Waals surface area contributed by atoms with Crippen LogP contribution in [-0.4, -0.2) is 16.0 Å². The second kappa shape index (κ2) is 5.40. The number of nitro benzene ring substituents is 1. The van der Waals surface area contributed by atoms with Crippen LogP contribution >= 0.6 is 0 Å². The first-order valence-electron chi connectivity index (χ1n) is 5.74. The van der Waals surface area contributed by atoms with Gasteiger partial charge in [-0.3, -0.25) is 10.1 Å². The summed E-state index contributed by atoms with van der Waals surface area (Å²) in [6.07, 6.45) is 0. The summed E-state index contributed by atoms with van der Waals surface area (Å²) in [5.41, 5.74) is -0.0267. The summed E-state index contributed by atoms with van der Waals surface area (Å²) < 4.78 is 5.44. The van der Waals surface area contributed by atoms with Gasteiger partial charge in [0, 0.05) is 0 Å². The Morgan fingerprint density at radius 1 is 1.25 bits per heavy atom. The Hall–Kier alpha value is -2.89. The Labute approximate surface area is 114 Å². The lowest BCUT2D eigenvalue weighted by atomic mass is 10.1. The van der Waals surface area contributed by atoms with Crippen molar-refractivity contribution >= 4 is 11.7 Å². The third-order valence-corrected chi connectivity index (χ3v) is 2.63. The van der Waals surface area contributed by atoms with Crippen molar-refractivity contribution in [3.05, 3.63) is 63.7 Å². The average molecular weight is 273 g/mol. The van der Waals surface area contributed by atoms with Crippen LogP contribution in [0.3, 0.4) is 0 Å². The van der Waals surface area contributed by atoms with Crippen molar-refractivity contribution in [3.8, 4) is 11.5 Å². The van der Waals surface area contributed by atoms with Crippen molar-refractivity contribution < 1.29 is 19.6 Å². The van der Waals surface area contributed by atoms with Gasteiger partial charge < -0.3 is 9.84 Å². The van der Waals surface area contributed by atoms with E-state index in [1.165, 1.54) is 18.2 Å². The minimum atomic E-state index is -1.37. The van der Waals surface area contributed by atoms with Crippen LogP contribution in [0, 0.1) is 17.0 Å². The summed E-state index contributed by atoms with van der Waals surface area (Å²) >= 11 is 0. The van der Waals surface area contributed by atoms with Gasteiger partial charge in [-0.1, -0.05) is 18.2 Å². The fourth-order valence-corrected chi connectivity index (χ4v) is 1.77. The average Bonchev–Trinajstić information content (AvgIpc) is 2.38. The van der Waals surface area contributed by atoms with Crippen LogP contribution in [0.5, 0.6) is 11.5 Å². The smallest absolute Gasteiger partial charge is 0.342 e. The minimum Gasteiger partial charge on any atom is -0.477 e. The second-order valence-corrected chi connectivity index (χ2v) is 4.13. The number of nitrogens with zero attached hydrogens (tertiary/aromatic N) is 1. The fourth-order valence-electron chi connectivity index (χ4n) is 1.77. The van der Waals surface area contributed by atoms with Crippen molar-refractivity contribution in [2.75, 3.05) is 0 Å². The molecule has 0 saturated carbocycles. The highest BCUT2D eigenvalue weighted by atomic mass is 16.6. The molecule has 102 valence electrons. The van der Waals surface area contributed by atoms with Crippen LogP contribution in [0.2, 0.25) is 0 Å². The minimum absolute atomic E-state index is 0.0968. The molecule has 0 fully saturated rings. The van der Waals surface area contributed by atoms with Gasteiger partial charge in [0.05, 0.1) is 4.92 Å². The number of rotatable bonds is 4. The molecule has 0 radical (unpaired) electrons. The summed E-state index contributed by atoms with van der Waals surface area (Å²) in [4.78, 5) is 21.3. The molecule has 2 rings (SSSR count). The number of carbonyl (C=O) groups is 1. The van der Waals surface area contributed by atoms with E-state index in [4.69, 9.17) is 9.84 Å². The monoisotopic (exact) mass is 273 g/mol. The van der Waals surface area contributed by atoms with Gasteiger partial charge in [0.2, 0.25) is 5.75 Å². The van der Waals surface area contributed by atoms with Gasteiger partial charge in [-0.05, 0) is 36.8 Å². The number of benzene rings is 2. The maximum Gasteiger partial charge on any atom is 0.342 e. The van der Waals surface area contributed by atoms with Gasteiger partial charge in [0.25, 0.3) is 0 Å². The van der Waals surface area contributed by atoms with Gasteiger partial charge >= 0.3 is 11.7 Å². The Bertz CT molecular complexity index is 681. The number of ether oxygens (including phenoxy) is 1. The molecule has 0 aliphatic carbocycles. The number of aromatic carboxylic acids is 1. The van der Waals surface area contributed by atoms with Gasteiger partial charge in [-0.2, -0.15) is 0 Å². The zero-order chi connectivity index (χ0) is 14.7. The number of carboxylic acid groups (broad SMARTS) is 1.